The van der Waals surface area contributed by atoms with Crippen molar-refractivity contribution in [2.45, 2.75) is 75.7 Å². The Morgan fingerprint density at radius 3 is 2.55 bits per heavy atom. The van der Waals surface area contributed by atoms with Crippen LogP contribution in [0.25, 0.3) is 10.9 Å². The molecule has 0 aromatic carbocycles. The Hall–Kier alpha value is -2.03. The molecule has 8 heteroatoms. The van der Waals surface area contributed by atoms with E-state index in [0.29, 0.717) is 37.2 Å². The van der Waals surface area contributed by atoms with Crippen LogP contribution in [0.2, 0.25) is 0 Å². The lowest BCUT2D eigenvalue weighted by Gasteiger charge is -2.31. The highest BCUT2D eigenvalue weighted by Crippen LogP contribution is 2.38. The van der Waals surface area contributed by atoms with Crippen LogP contribution in [0.3, 0.4) is 0 Å². The van der Waals surface area contributed by atoms with Gasteiger partial charge in [-0.25, -0.2) is 15.0 Å². The van der Waals surface area contributed by atoms with Gasteiger partial charge in [0.2, 0.25) is 11.8 Å². The number of hydrogen-bond acceptors (Lipinski definition) is 8. The van der Waals surface area contributed by atoms with Crippen molar-refractivity contribution in [3.8, 4) is 5.88 Å². The van der Waals surface area contributed by atoms with Gasteiger partial charge in [0.05, 0.1) is 29.7 Å². The summed E-state index contributed by atoms with van der Waals surface area (Å²) < 4.78 is 11.2. The van der Waals surface area contributed by atoms with Gasteiger partial charge in [0.1, 0.15) is 6.10 Å². The van der Waals surface area contributed by atoms with Crippen LogP contribution >= 0.6 is 0 Å². The molecule has 0 bridgehead atoms. The second kappa shape index (κ2) is 8.77. The quantitative estimate of drug-likeness (QED) is 0.648. The summed E-state index contributed by atoms with van der Waals surface area (Å²) in [5.41, 5.74) is 1.93. The van der Waals surface area contributed by atoms with E-state index in [1.807, 2.05) is 13.1 Å². The van der Waals surface area contributed by atoms with Crippen LogP contribution in [0, 0.1) is 0 Å². The van der Waals surface area contributed by atoms with E-state index < -0.39 is 0 Å². The van der Waals surface area contributed by atoms with Crippen LogP contribution in [0.4, 0.5) is 5.95 Å². The molecule has 1 atom stereocenters. The average Bonchev–Trinajstić information content (AvgIpc) is 2.68. The lowest BCUT2D eigenvalue weighted by Crippen LogP contribution is -2.37. The maximum absolute atomic E-state index is 9.88. The number of anilines is 1. The van der Waals surface area contributed by atoms with Crippen molar-refractivity contribution in [2.75, 3.05) is 19.0 Å². The Morgan fingerprint density at radius 1 is 1.10 bits per heavy atom. The zero-order valence-electron chi connectivity index (χ0n) is 17.0. The second-order valence-corrected chi connectivity index (χ2v) is 8.35. The molecular formula is C21H30N4O4. The van der Waals surface area contributed by atoms with Gasteiger partial charge in [-0.15, -0.1) is 0 Å². The van der Waals surface area contributed by atoms with Gasteiger partial charge in [-0.3, -0.25) is 0 Å². The lowest BCUT2D eigenvalue weighted by atomic mass is 9.83. The zero-order valence-corrected chi connectivity index (χ0v) is 17.0. The fourth-order valence-electron chi connectivity index (χ4n) is 4.17. The molecule has 0 unspecified atom stereocenters. The third-order valence-electron chi connectivity index (χ3n) is 5.89. The first-order valence-corrected chi connectivity index (χ1v) is 10.5. The van der Waals surface area contributed by atoms with Gasteiger partial charge in [-0.05, 0) is 38.5 Å². The molecule has 8 nitrogen and oxygen atoms in total. The summed E-state index contributed by atoms with van der Waals surface area (Å²) in [6.07, 6.45) is 7.80. The number of methoxy groups -OCH3 is 1. The summed E-state index contributed by atoms with van der Waals surface area (Å²) >= 11 is 0. The summed E-state index contributed by atoms with van der Waals surface area (Å²) in [7, 11) is 1.67. The topological polar surface area (TPSA) is 110 Å². The number of hydrogen-bond donors (Lipinski definition) is 3. The number of nitrogens with one attached hydrogen (secondary N) is 1. The highest BCUT2D eigenvalue weighted by atomic mass is 16.5. The molecule has 2 aliphatic rings. The van der Waals surface area contributed by atoms with E-state index >= 15 is 0 Å². The maximum Gasteiger partial charge on any atom is 0.224 e. The van der Waals surface area contributed by atoms with Crippen LogP contribution < -0.4 is 10.1 Å². The monoisotopic (exact) mass is 402 g/mol. The average molecular weight is 402 g/mol. The van der Waals surface area contributed by atoms with E-state index in [1.54, 1.807) is 13.3 Å². The highest BCUT2D eigenvalue weighted by molar-refractivity contribution is 5.86. The minimum atomic E-state index is -0.284. The van der Waals surface area contributed by atoms with Crippen molar-refractivity contribution in [2.24, 2.45) is 0 Å². The highest BCUT2D eigenvalue weighted by Gasteiger charge is 2.31. The summed E-state index contributed by atoms with van der Waals surface area (Å²) in [5.74, 6) is 1.38. The smallest absolute Gasteiger partial charge is 0.224 e. The molecule has 2 aromatic rings. The minimum Gasteiger partial charge on any atom is -0.474 e. The largest absolute Gasteiger partial charge is 0.474 e. The van der Waals surface area contributed by atoms with Gasteiger partial charge < -0.3 is 25.0 Å². The normalized spacial score (nSPS) is 28.0. The summed E-state index contributed by atoms with van der Waals surface area (Å²) in [5, 5.41) is 23.5. The van der Waals surface area contributed by atoms with E-state index in [4.69, 9.17) is 14.5 Å². The first-order valence-electron chi connectivity index (χ1n) is 10.5. The van der Waals surface area contributed by atoms with E-state index in [2.05, 4.69) is 15.3 Å². The van der Waals surface area contributed by atoms with Crippen molar-refractivity contribution in [1.82, 2.24) is 15.0 Å². The molecule has 2 aliphatic carbocycles. The van der Waals surface area contributed by atoms with Crippen molar-refractivity contribution >= 4 is 16.9 Å². The lowest BCUT2D eigenvalue weighted by molar-refractivity contribution is -0.0120. The Balaban J connectivity index is 1.66. The SMILES string of the molecule is COC[C@H](C)Nc1ncc2c(O[C@H]3C[C@H](O)C3)ncc([C@H]3CC[C@H](O)CC3)c2n1. The molecule has 0 amide bonds. The molecule has 2 fully saturated rings. The van der Waals surface area contributed by atoms with E-state index in [0.717, 1.165) is 42.1 Å². The molecule has 2 heterocycles. The molecule has 29 heavy (non-hydrogen) atoms. The predicted molar refractivity (Wildman–Crippen MR) is 109 cm³/mol. The van der Waals surface area contributed by atoms with Gasteiger partial charge in [0, 0.05) is 44.0 Å². The number of pyridine rings is 1. The second-order valence-electron chi connectivity index (χ2n) is 8.35. The number of aromatic nitrogens is 3. The van der Waals surface area contributed by atoms with Crippen LogP contribution in [0.5, 0.6) is 5.88 Å². The minimum absolute atomic E-state index is 0.0177. The number of aliphatic hydroxyl groups is 2. The molecule has 2 aromatic heterocycles. The fraction of sp³-hybridized carbons (Fsp3) is 0.667. The Labute approximate surface area is 170 Å². The Morgan fingerprint density at radius 2 is 1.86 bits per heavy atom. The fourth-order valence-corrected chi connectivity index (χ4v) is 4.17. The molecule has 0 spiro atoms. The van der Waals surface area contributed by atoms with Crippen molar-refractivity contribution in [1.29, 1.82) is 0 Å². The van der Waals surface area contributed by atoms with Crippen molar-refractivity contribution in [3.63, 3.8) is 0 Å². The molecule has 158 valence electrons. The molecule has 0 radical (unpaired) electrons. The molecule has 0 saturated heterocycles. The van der Waals surface area contributed by atoms with Gasteiger partial charge in [-0.2, -0.15) is 0 Å². The first kappa shape index (κ1) is 20.3. The summed E-state index contributed by atoms with van der Waals surface area (Å²) in [6.45, 7) is 2.58. The van der Waals surface area contributed by atoms with Crippen LogP contribution in [0.15, 0.2) is 12.4 Å². The Kier molecular flexibility index (Phi) is 6.12. The molecule has 4 rings (SSSR count). The van der Waals surface area contributed by atoms with Crippen LogP contribution in [0.1, 0.15) is 56.9 Å². The van der Waals surface area contributed by atoms with Gasteiger partial charge in [0.25, 0.3) is 0 Å². The molecule has 3 N–H and O–H groups in total. The van der Waals surface area contributed by atoms with Crippen LogP contribution in [-0.2, 0) is 4.74 Å². The number of fused-ring (bicyclic) bond motifs is 1. The van der Waals surface area contributed by atoms with Crippen molar-refractivity contribution < 1.29 is 19.7 Å². The van der Waals surface area contributed by atoms with Gasteiger partial charge in [0.15, 0.2) is 0 Å². The zero-order chi connectivity index (χ0) is 20.4. The van der Waals surface area contributed by atoms with E-state index in [9.17, 15) is 10.2 Å². The number of ether oxygens (including phenoxy) is 2. The number of aliphatic hydroxyl groups excluding tert-OH is 2. The number of rotatable bonds is 7. The Bertz CT molecular complexity index is 835. The van der Waals surface area contributed by atoms with Crippen molar-refractivity contribution in [3.05, 3.63) is 18.0 Å². The van der Waals surface area contributed by atoms with E-state index in [1.165, 1.54) is 0 Å². The third kappa shape index (κ3) is 4.60. The predicted octanol–water partition coefficient (Wildman–Crippen LogP) is 2.39. The standard InChI is InChI=1S/C21H30N4O4/c1-12(11-28-2)24-21-23-10-18-19(25-21)17(13-3-5-14(26)6-4-13)9-22-20(18)29-16-7-15(27)8-16/h9-10,12-16,26-27H,3-8,11H2,1-2H3,(H,23,24,25)/t12-,13-,14-,15-,16-/m0/s1. The first-order chi connectivity index (χ1) is 14.0. The van der Waals surface area contributed by atoms with E-state index in [-0.39, 0.29) is 24.4 Å². The van der Waals surface area contributed by atoms with Gasteiger partial charge >= 0.3 is 0 Å². The molecule has 0 aliphatic heterocycles. The molecular weight excluding hydrogens is 372 g/mol. The summed E-state index contributed by atoms with van der Waals surface area (Å²) in [6, 6.07) is 0.0831. The van der Waals surface area contributed by atoms with Gasteiger partial charge in [-0.1, -0.05) is 0 Å². The maximum atomic E-state index is 9.88. The molecule has 2 saturated carbocycles. The number of nitrogens with zero attached hydrogens (tertiary/aromatic N) is 3. The summed E-state index contributed by atoms with van der Waals surface area (Å²) in [4.78, 5) is 13.9. The van der Waals surface area contributed by atoms with Crippen LogP contribution in [-0.4, -0.2) is 63.2 Å². The third-order valence-corrected chi connectivity index (χ3v) is 5.89.